The van der Waals surface area contributed by atoms with Gasteiger partial charge in [-0.15, -0.1) is 0 Å². The largest absolute Gasteiger partial charge is 0.452 e. The number of rotatable bonds is 2. The Morgan fingerprint density at radius 3 is 2.30 bits per heavy atom. The van der Waals surface area contributed by atoms with Crippen LogP contribution in [0.15, 0.2) is 88.1 Å². The molecule has 0 aromatic heterocycles. The first kappa shape index (κ1) is 15.5. The Morgan fingerprint density at radius 1 is 0.741 bits per heavy atom. The van der Waals surface area contributed by atoms with Gasteiger partial charge in [0, 0.05) is 10.8 Å². The van der Waals surface area contributed by atoms with E-state index in [4.69, 9.17) is 9.40 Å². The van der Waals surface area contributed by atoms with Gasteiger partial charge in [0.2, 0.25) is 0 Å². The van der Waals surface area contributed by atoms with Gasteiger partial charge in [0.05, 0.1) is 5.56 Å². The van der Waals surface area contributed by atoms with Gasteiger partial charge < -0.3 is 4.42 Å². The van der Waals surface area contributed by atoms with Crippen molar-refractivity contribution in [2.45, 2.75) is 0 Å². The van der Waals surface area contributed by atoms with Gasteiger partial charge in [-0.05, 0) is 23.8 Å². The smallest absolute Gasteiger partial charge is 0.197 e. The average Bonchev–Trinajstić information content (AvgIpc) is 2.73. The third-order valence-electron chi connectivity index (χ3n) is 4.68. The molecule has 0 atom stereocenters. The van der Waals surface area contributed by atoms with Crippen LogP contribution in [-0.4, -0.2) is 4.98 Å². The van der Waals surface area contributed by atoms with Crippen LogP contribution in [0.1, 0.15) is 11.1 Å². The van der Waals surface area contributed by atoms with Crippen molar-refractivity contribution in [3.05, 3.63) is 100 Å². The second kappa shape index (κ2) is 6.22. The average molecular weight is 349 g/mol. The number of hydrogen-bond donors (Lipinski definition) is 0. The number of fused-ring (bicyclic) bond motifs is 4. The summed E-state index contributed by atoms with van der Waals surface area (Å²) in [6, 6.07) is 25.0. The molecule has 2 aliphatic rings. The van der Waals surface area contributed by atoms with Gasteiger partial charge in [-0.1, -0.05) is 72.8 Å². The fourth-order valence-corrected chi connectivity index (χ4v) is 3.36. The molecule has 3 nitrogen and oxygen atoms in total. The fraction of sp³-hybridized carbons (Fsp3) is 0. The van der Waals surface area contributed by atoms with Crippen molar-refractivity contribution in [1.82, 2.24) is 4.98 Å². The lowest BCUT2D eigenvalue weighted by atomic mass is 9.98. The van der Waals surface area contributed by atoms with Crippen molar-refractivity contribution >= 4 is 34.0 Å². The van der Waals surface area contributed by atoms with Crippen LogP contribution >= 0.6 is 0 Å². The Balaban J connectivity index is 1.87. The fourth-order valence-electron chi connectivity index (χ4n) is 3.36. The molecule has 0 N–H and O–H groups in total. The summed E-state index contributed by atoms with van der Waals surface area (Å²) in [7, 11) is 0. The molecule has 0 saturated heterocycles. The Kier molecular flexibility index (Phi) is 3.58. The van der Waals surface area contributed by atoms with E-state index >= 15 is 0 Å². The van der Waals surface area contributed by atoms with Gasteiger partial charge >= 0.3 is 0 Å². The normalized spacial score (nSPS) is 11.7. The lowest BCUT2D eigenvalue weighted by Gasteiger charge is -2.12. The highest BCUT2D eigenvalue weighted by atomic mass is 16.3. The second-order valence-electron chi connectivity index (χ2n) is 6.39. The Labute approximate surface area is 155 Å². The zero-order valence-electron chi connectivity index (χ0n) is 14.4. The van der Waals surface area contributed by atoms with Gasteiger partial charge in [0.15, 0.2) is 16.8 Å². The minimum atomic E-state index is -0.0499. The third kappa shape index (κ3) is 2.61. The summed E-state index contributed by atoms with van der Waals surface area (Å²) >= 11 is 0. The molecule has 128 valence electrons. The Hall–Kier alpha value is -3.72. The van der Waals surface area contributed by atoms with Gasteiger partial charge in [-0.3, -0.25) is 4.79 Å². The van der Waals surface area contributed by atoms with Gasteiger partial charge in [-0.25, -0.2) is 4.98 Å². The molecule has 0 saturated carbocycles. The molecule has 0 unspecified atom stereocenters. The van der Waals surface area contributed by atoms with E-state index in [1.54, 1.807) is 0 Å². The predicted octanol–water partition coefficient (Wildman–Crippen LogP) is 5.62. The first-order valence-electron chi connectivity index (χ1n) is 8.79. The maximum absolute atomic E-state index is 13.2. The molecule has 3 aromatic rings. The number of benzene rings is 4. The first-order chi connectivity index (χ1) is 13.3. The van der Waals surface area contributed by atoms with E-state index in [0.717, 1.165) is 16.5 Å². The van der Waals surface area contributed by atoms with Crippen LogP contribution in [-0.2, 0) is 0 Å². The Morgan fingerprint density at radius 2 is 1.44 bits per heavy atom. The molecule has 0 bridgehead atoms. The molecule has 1 heterocycles. The molecule has 0 amide bonds. The van der Waals surface area contributed by atoms with E-state index < -0.39 is 0 Å². The lowest BCUT2D eigenvalue weighted by Crippen LogP contribution is -2.10. The summed E-state index contributed by atoms with van der Waals surface area (Å²) in [5.74, 6) is 0.518. The number of aromatic nitrogens is 1. The number of para-hydroxylation sites is 2. The lowest BCUT2D eigenvalue weighted by molar-refractivity contribution is 0.612. The zero-order chi connectivity index (χ0) is 18.2. The van der Waals surface area contributed by atoms with Crippen molar-refractivity contribution in [3.8, 4) is 11.5 Å². The van der Waals surface area contributed by atoms with Crippen LogP contribution in [0.5, 0.6) is 0 Å². The van der Waals surface area contributed by atoms with Gasteiger partial charge in [0.1, 0.15) is 11.2 Å². The van der Waals surface area contributed by atoms with Crippen molar-refractivity contribution < 1.29 is 4.42 Å². The summed E-state index contributed by atoms with van der Waals surface area (Å²) in [6.07, 6.45) is 3.75. The van der Waals surface area contributed by atoms with E-state index in [0.29, 0.717) is 28.0 Å². The molecule has 27 heavy (non-hydrogen) atoms. The quantitative estimate of drug-likeness (QED) is 0.236. The minimum absolute atomic E-state index is 0.0499. The standard InChI is InChI=1S/C24H15NO2/c26-23-18-11-5-4-10-17(18)22-24(27-21-13-7-6-12-20(21)25-22)19(23)15-14-16-8-2-1-3-9-16/h1-15H/b15-14+. The monoisotopic (exact) mass is 349 g/mol. The predicted molar refractivity (Wildman–Crippen MR) is 110 cm³/mol. The van der Waals surface area contributed by atoms with Crippen molar-refractivity contribution in [3.63, 3.8) is 0 Å². The summed E-state index contributed by atoms with van der Waals surface area (Å²) < 4.78 is 6.14. The summed E-state index contributed by atoms with van der Waals surface area (Å²) in [6.45, 7) is 0. The van der Waals surface area contributed by atoms with Crippen LogP contribution in [0.25, 0.3) is 45.5 Å². The third-order valence-corrected chi connectivity index (χ3v) is 4.68. The molecule has 1 aliphatic carbocycles. The second-order valence-corrected chi connectivity index (χ2v) is 6.39. The van der Waals surface area contributed by atoms with Crippen molar-refractivity contribution in [1.29, 1.82) is 0 Å². The van der Waals surface area contributed by atoms with Crippen molar-refractivity contribution in [2.75, 3.05) is 0 Å². The molecular formula is C24H15NO2. The number of nitrogens with zero attached hydrogens (tertiary/aromatic N) is 1. The van der Waals surface area contributed by atoms with Gasteiger partial charge in [0.25, 0.3) is 0 Å². The van der Waals surface area contributed by atoms with Gasteiger partial charge in [-0.2, -0.15) is 0 Å². The van der Waals surface area contributed by atoms with Crippen LogP contribution in [0.3, 0.4) is 0 Å². The summed E-state index contributed by atoms with van der Waals surface area (Å²) in [5.41, 5.74) is 3.63. The molecule has 5 rings (SSSR count). The molecule has 0 fully saturated rings. The molecule has 1 aliphatic heterocycles. The highest BCUT2D eigenvalue weighted by Crippen LogP contribution is 2.33. The van der Waals surface area contributed by atoms with E-state index in [2.05, 4.69) is 0 Å². The molecule has 0 spiro atoms. The van der Waals surface area contributed by atoms with Crippen molar-refractivity contribution in [2.24, 2.45) is 0 Å². The SMILES string of the molecule is O=c1c(/C=C/c2ccccc2)c2oc3ccccc3nc-2c2ccccc12. The van der Waals surface area contributed by atoms with E-state index in [1.807, 2.05) is 91.0 Å². The zero-order valence-corrected chi connectivity index (χ0v) is 14.4. The van der Waals surface area contributed by atoms with Crippen LogP contribution in [0.4, 0.5) is 0 Å². The summed E-state index contributed by atoms with van der Waals surface area (Å²) in [5, 5.41) is 1.46. The van der Waals surface area contributed by atoms with E-state index in [9.17, 15) is 4.79 Å². The number of hydrogen-bond acceptors (Lipinski definition) is 3. The Bertz CT molecular complexity index is 1330. The van der Waals surface area contributed by atoms with Crippen LogP contribution in [0.2, 0.25) is 0 Å². The maximum atomic E-state index is 13.2. The minimum Gasteiger partial charge on any atom is -0.452 e. The molecule has 0 radical (unpaired) electrons. The topological polar surface area (TPSA) is 43.1 Å². The van der Waals surface area contributed by atoms with Crippen LogP contribution < -0.4 is 5.43 Å². The molecular weight excluding hydrogens is 334 g/mol. The van der Waals surface area contributed by atoms with E-state index in [-0.39, 0.29) is 5.43 Å². The highest BCUT2D eigenvalue weighted by Gasteiger charge is 2.20. The van der Waals surface area contributed by atoms with Crippen LogP contribution in [0, 0.1) is 0 Å². The molecule has 3 aromatic carbocycles. The van der Waals surface area contributed by atoms with E-state index in [1.165, 1.54) is 0 Å². The summed E-state index contributed by atoms with van der Waals surface area (Å²) in [4.78, 5) is 18.0. The highest BCUT2D eigenvalue weighted by molar-refractivity contribution is 6.00. The first-order valence-corrected chi connectivity index (χ1v) is 8.79. The maximum Gasteiger partial charge on any atom is 0.197 e. The molecule has 3 heteroatoms.